The first-order chi connectivity index (χ1) is 13.8. The zero-order valence-corrected chi connectivity index (χ0v) is 16.0. The molecular weight excluding hydrogens is 398 g/mol. The van der Waals surface area contributed by atoms with Crippen molar-refractivity contribution in [3.63, 3.8) is 0 Å². The van der Waals surface area contributed by atoms with E-state index in [1.54, 1.807) is 12.1 Å². The van der Waals surface area contributed by atoms with Crippen LogP contribution in [0.2, 0.25) is 0 Å². The van der Waals surface area contributed by atoms with Crippen molar-refractivity contribution in [2.45, 2.75) is 9.79 Å². The largest absolute Gasteiger partial charge is 0.497 e. The van der Waals surface area contributed by atoms with Crippen molar-refractivity contribution in [2.75, 3.05) is 7.11 Å². The van der Waals surface area contributed by atoms with Crippen LogP contribution in [-0.4, -0.2) is 26.4 Å². The fourth-order valence-corrected chi connectivity index (χ4v) is 4.26. The van der Waals surface area contributed by atoms with Gasteiger partial charge >= 0.3 is 5.97 Å². The van der Waals surface area contributed by atoms with E-state index in [-0.39, 0.29) is 16.2 Å². The van der Waals surface area contributed by atoms with E-state index in [9.17, 15) is 23.3 Å². The van der Waals surface area contributed by atoms with E-state index in [1.807, 2.05) is 0 Å². The summed E-state index contributed by atoms with van der Waals surface area (Å²) < 4.78 is 36.5. The molecule has 0 unspecified atom stereocenters. The molecule has 0 spiro atoms. The minimum absolute atomic E-state index is 0.159. The normalized spacial score (nSPS) is 10.9. The molecule has 0 saturated carbocycles. The minimum Gasteiger partial charge on any atom is -0.497 e. The second-order valence-corrected chi connectivity index (χ2v) is 7.68. The number of nitrogens with zero attached hydrogens (tertiary/aromatic N) is 1. The highest BCUT2D eigenvalue weighted by atomic mass is 32.2. The number of benzene rings is 3. The summed E-state index contributed by atoms with van der Waals surface area (Å²) in [5.41, 5.74) is -0.822. The number of rotatable bonds is 6. The summed E-state index contributed by atoms with van der Waals surface area (Å²) in [5.74, 6) is -0.306. The first-order valence-electron chi connectivity index (χ1n) is 8.28. The van der Waals surface area contributed by atoms with Crippen molar-refractivity contribution in [1.29, 1.82) is 0 Å². The smallest absolute Gasteiger partial charge is 0.344 e. The summed E-state index contributed by atoms with van der Waals surface area (Å²) in [7, 11) is -2.91. The minimum atomic E-state index is -4.36. The SMILES string of the molecule is COc1cccc(OC(=O)c2ccccc2S(=O)(=O)c2ccccc2[N+](=O)[O-])c1. The quantitative estimate of drug-likeness (QED) is 0.262. The van der Waals surface area contributed by atoms with Crippen molar-refractivity contribution in [3.05, 3.63) is 88.5 Å². The van der Waals surface area contributed by atoms with Gasteiger partial charge in [0.25, 0.3) is 5.69 Å². The van der Waals surface area contributed by atoms with Crippen LogP contribution in [0.5, 0.6) is 11.5 Å². The number of carbonyl (C=O) groups excluding carboxylic acids is 1. The van der Waals surface area contributed by atoms with Crippen LogP contribution in [0.3, 0.4) is 0 Å². The van der Waals surface area contributed by atoms with Crippen LogP contribution in [0.15, 0.2) is 82.6 Å². The Morgan fingerprint density at radius 1 is 0.897 bits per heavy atom. The maximum atomic E-state index is 13.1. The topological polar surface area (TPSA) is 113 Å². The molecule has 0 N–H and O–H groups in total. The van der Waals surface area contributed by atoms with Gasteiger partial charge in [-0.3, -0.25) is 10.1 Å². The molecule has 148 valence electrons. The maximum absolute atomic E-state index is 13.1. The van der Waals surface area contributed by atoms with Gasteiger partial charge in [-0.25, -0.2) is 13.2 Å². The summed E-state index contributed by atoms with van der Waals surface area (Å²) in [6.45, 7) is 0. The Labute approximate surface area is 166 Å². The molecule has 0 fully saturated rings. The van der Waals surface area contributed by atoms with Crippen LogP contribution < -0.4 is 9.47 Å². The average molecular weight is 413 g/mol. The number of para-hydroxylation sites is 1. The molecule has 0 aromatic heterocycles. The number of hydrogen-bond acceptors (Lipinski definition) is 7. The summed E-state index contributed by atoms with van der Waals surface area (Å²) >= 11 is 0. The van der Waals surface area contributed by atoms with E-state index in [0.29, 0.717) is 5.75 Å². The molecule has 0 bridgehead atoms. The van der Waals surface area contributed by atoms with E-state index in [0.717, 1.165) is 12.1 Å². The van der Waals surface area contributed by atoms with Gasteiger partial charge in [0, 0.05) is 12.1 Å². The standard InChI is InChI=1S/C20H15NO7S/c1-27-14-7-6-8-15(13-14)28-20(22)16-9-2-4-11-18(16)29(25,26)19-12-5-3-10-17(19)21(23)24/h2-13H,1H3. The number of methoxy groups -OCH3 is 1. The van der Waals surface area contributed by atoms with Crippen LogP contribution in [0.4, 0.5) is 5.69 Å². The van der Waals surface area contributed by atoms with Crippen molar-refractivity contribution < 1.29 is 27.6 Å². The van der Waals surface area contributed by atoms with Crippen LogP contribution >= 0.6 is 0 Å². The Kier molecular flexibility index (Phi) is 5.60. The summed E-state index contributed by atoms with van der Waals surface area (Å²) in [5, 5.41) is 11.3. The molecule has 0 radical (unpaired) electrons. The fraction of sp³-hybridized carbons (Fsp3) is 0.0500. The first kappa shape index (κ1) is 20.0. The molecule has 0 aliphatic rings. The molecule has 0 aliphatic carbocycles. The van der Waals surface area contributed by atoms with Gasteiger partial charge in [-0.1, -0.05) is 30.3 Å². The van der Waals surface area contributed by atoms with Gasteiger partial charge < -0.3 is 9.47 Å². The average Bonchev–Trinajstić information content (AvgIpc) is 2.73. The van der Waals surface area contributed by atoms with Crippen LogP contribution in [0, 0.1) is 10.1 Å². The molecule has 0 atom stereocenters. The van der Waals surface area contributed by atoms with Crippen LogP contribution in [-0.2, 0) is 9.84 Å². The molecule has 9 heteroatoms. The van der Waals surface area contributed by atoms with Gasteiger partial charge in [-0.2, -0.15) is 0 Å². The van der Waals surface area contributed by atoms with E-state index < -0.39 is 31.3 Å². The van der Waals surface area contributed by atoms with Crippen molar-refractivity contribution in [2.24, 2.45) is 0 Å². The van der Waals surface area contributed by atoms with Gasteiger partial charge in [-0.15, -0.1) is 0 Å². The van der Waals surface area contributed by atoms with Gasteiger partial charge in [0.05, 0.1) is 22.5 Å². The lowest BCUT2D eigenvalue weighted by Crippen LogP contribution is -2.15. The highest BCUT2D eigenvalue weighted by molar-refractivity contribution is 7.91. The number of hydrogen-bond donors (Lipinski definition) is 0. The lowest BCUT2D eigenvalue weighted by atomic mass is 10.2. The Bertz CT molecular complexity index is 1190. The van der Waals surface area contributed by atoms with E-state index in [4.69, 9.17) is 9.47 Å². The number of carbonyl (C=O) groups is 1. The zero-order chi connectivity index (χ0) is 21.0. The van der Waals surface area contributed by atoms with Gasteiger partial charge in [0.2, 0.25) is 9.84 Å². The van der Waals surface area contributed by atoms with Crippen molar-refractivity contribution >= 4 is 21.5 Å². The number of nitro groups is 1. The summed E-state index contributed by atoms with van der Waals surface area (Å²) in [6, 6.07) is 16.6. The lowest BCUT2D eigenvalue weighted by molar-refractivity contribution is -0.387. The van der Waals surface area contributed by atoms with Crippen LogP contribution in [0.1, 0.15) is 10.4 Å². The Hall–Kier alpha value is -3.72. The lowest BCUT2D eigenvalue weighted by Gasteiger charge is -2.11. The van der Waals surface area contributed by atoms with Crippen molar-refractivity contribution in [1.82, 2.24) is 0 Å². The third kappa shape index (κ3) is 4.09. The summed E-state index contributed by atoms with van der Waals surface area (Å²) in [6.07, 6.45) is 0. The summed E-state index contributed by atoms with van der Waals surface area (Å²) in [4.78, 5) is 22.2. The number of nitro benzene ring substituents is 1. The highest BCUT2D eigenvalue weighted by Gasteiger charge is 2.31. The van der Waals surface area contributed by atoms with Crippen molar-refractivity contribution in [3.8, 4) is 11.5 Å². The molecule has 3 aromatic carbocycles. The molecule has 0 heterocycles. The molecule has 8 nitrogen and oxygen atoms in total. The van der Waals surface area contributed by atoms with E-state index >= 15 is 0 Å². The van der Waals surface area contributed by atoms with E-state index in [2.05, 4.69) is 0 Å². The first-order valence-corrected chi connectivity index (χ1v) is 9.76. The van der Waals surface area contributed by atoms with Gasteiger partial charge in [-0.05, 0) is 30.3 Å². The molecule has 3 aromatic rings. The van der Waals surface area contributed by atoms with Gasteiger partial charge in [0.15, 0.2) is 0 Å². The van der Waals surface area contributed by atoms with E-state index in [1.165, 1.54) is 55.6 Å². The predicted octanol–water partition coefficient (Wildman–Crippen LogP) is 3.66. The molecule has 0 amide bonds. The Balaban J connectivity index is 2.05. The van der Waals surface area contributed by atoms with Crippen LogP contribution in [0.25, 0.3) is 0 Å². The Morgan fingerprint density at radius 3 is 2.21 bits per heavy atom. The number of sulfone groups is 1. The second kappa shape index (κ2) is 8.11. The predicted molar refractivity (Wildman–Crippen MR) is 103 cm³/mol. The van der Waals surface area contributed by atoms with Gasteiger partial charge in [0.1, 0.15) is 16.4 Å². The molecule has 0 saturated heterocycles. The molecular formula is C20H15NO7S. The number of ether oxygens (including phenoxy) is 2. The fourth-order valence-electron chi connectivity index (χ4n) is 2.65. The second-order valence-electron chi connectivity index (χ2n) is 5.79. The number of esters is 1. The maximum Gasteiger partial charge on any atom is 0.344 e. The monoisotopic (exact) mass is 413 g/mol. The molecule has 0 aliphatic heterocycles. The third-order valence-corrected chi connectivity index (χ3v) is 5.86. The Morgan fingerprint density at radius 2 is 1.52 bits per heavy atom. The molecule has 3 rings (SSSR count). The molecule has 29 heavy (non-hydrogen) atoms. The zero-order valence-electron chi connectivity index (χ0n) is 15.1. The highest BCUT2D eigenvalue weighted by Crippen LogP contribution is 2.31. The third-order valence-electron chi connectivity index (χ3n) is 4.00.